The van der Waals surface area contributed by atoms with E-state index in [0.29, 0.717) is 11.4 Å². The molecule has 3 aromatic rings. The zero-order valence-corrected chi connectivity index (χ0v) is 16.5. The van der Waals surface area contributed by atoms with E-state index in [1.54, 1.807) is 25.3 Å². The van der Waals surface area contributed by atoms with E-state index in [0.717, 1.165) is 5.56 Å². The molecule has 0 aliphatic rings. The zero-order chi connectivity index (χ0) is 21.7. The van der Waals surface area contributed by atoms with Crippen LogP contribution in [0.15, 0.2) is 48.5 Å². The van der Waals surface area contributed by atoms with Gasteiger partial charge in [0.2, 0.25) is 0 Å². The number of aromatic nitrogens is 2. The van der Waals surface area contributed by atoms with Crippen molar-refractivity contribution < 1.29 is 28.6 Å². The second kappa shape index (κ2) is 8.91. The van der Waals surface area contributed by atoms with Gasteiger partial charge in [-0.1, -0.05) is 0 Å². The van der Waals surface area contributed by atoms with Crippen molar-refractivity contribution in [2.45, 2.75) is 0 Å². The molecule has 1 heterocycles. The van der Waals surface area contributed by atoms with Gasteiger partial charge in [-0.15, -0.1) is 0 Å². The number of anilines is 1. The third-order valence-electron chi connectivity index (χ3n) is 4.24. The third kappa shape index (κ3) is 4.46. The number of H-pyrrole nitrogens is 1. The molecule has 9 nitrogen and oxygen atoms in total. The van der Waals surface area contributed by atoms with Crippen molar-refractivity contribution in [1.82, 2.24) is 10.2 Å². The van der Waals surface area contributed by atoms with Crippen molar-refractivity contribution in [3.8, 4) is 17.0 Å². The summed E-state index contributed by atoms with van der Waals surface area (Å²) in [5.41, 5.74) is 1.99. The number of methoxy groups -OCH3 is 3. The first kappa shape index (κ1) is 20.6. The summed E-state index contributed by atoms with van der Waals surface area (Å²) in [5.74, 6) is -1.10. The number of esters is 2. The molecule has 0 bridgehead atoms. The lowest BCUT2D eigenvalue weighted by Gasteiger charge is -2.09. The molecule has 1 amide bonds. The van der Waals surface area contributed by atoms with E-state index in [-0.39, 0.29) is 22.5 Å². The number of benzene rings is 2. The van der Waals surface area contributed by atoms with Crippen LogP contribution in [-0.4, -0.2) is 49.4 Å². The lowest BCUT2D eigenvalue weighted by molar-refractivity contribution is 0.0599. The van der Waals surface area contributed by atoms with Crippen LogP contribution >= 0.6 is 0 Å². The Morgan fingerprint density at radius 3 is 2.00 bits per heavy atom. The molecule has 1 aromatic heterocycles. The van der Waals surface area contributed by atoms with Gasteiger partial charge in [-0.3, -0.25) is 9.89 Å². The van der Waals surface area contributed by atoms with Crippen LogP contribution < -0.4 is 10.1 Å². The minimum Gasteiger partial charge on any atom is -0.497 e. The van der Waals surface area contributed by atoms with Gasteiger partial charge in [0, 0.05) is 11.3 Å². The molecule has 0 saturated heterocycles. The fourth-order valence-corrected chi connectivity index (χ4v) is 2.72. The summed E-state index contributed by atoms with van der Waals surface area (Å²) in [6, 6.07) is 12.9. The first-order valence-electron chi connectivity index (χ1n) is 8.78. The van der Waals surface area contributed by atoms with Gasteiger partial charge in [-0.2, -0.15) is 5.10 Å². The molecule has 30 heavy (non-hydrogen) atoms. The van der Waals surface area contributed by atoms with Crippen LogP contribution in [0, 0.1) is 0 Å². The number of aromatic amines is 1. The molecule has 154 valence electrons. The standard InChI is InChI=1S/C21H19N3O6/c1-28-16-6-4-12(5-7-16)17-11-18(24-23-17)19(25)22-15-9-13(20(26)29-2)8-14(10-15)21(27)30-3/h4-11H,1-3H3,(H,22,25)(H,23,24). The van der Waals surface area contributed by atoms with Gasteiger partial charge >= 0.3 is 11.9 Å². The number of rotatable bonds is 6. The van der Waals surface area contributed by atoms with Gasteiger partial charge in [-0.05, 0) is 48.5 Å². The zero-order valence-electron chi connectivity index (χ0n) is 16.5. The Bertz CT molecular complexity index is 1050. The molecule has 3 rings (SSSR count). The van der Waals surface area contributed by atoms with Gasteiger partial charge in [0.25, 0.3) is 5.91 Å². The van der Waals surface area contributed by atoms with Gasteiger partial charge < -0.3 is 19.5 Å². The summed E-state index contributed by atoms with van der Waals surface area (Å²) in [5, 5.41) is 9.46. The molecule has 0 unspecified atom stereocenters. The molecule has 0 spiro atoms. The normalized spacial score (nSPS) is 10.2. The van der Waals surface area contributed by atoms with Crippen LogP contribution in [0.1, 0.15) is 31.2 Å². The van der Waals surface area contributed by atoms with Crippen LogP contribution in [0.2, 0.25) is 0 Å². The molecule has 0 fully saturated rings. The van der Waals surface area contributed by atoms with Crippen LogP contribution in [0.3, 0.4) is 0 Å². The molecule has 0 aliphatic carbocycles. The van der Waals surface area contributed by atoms with Crippen molar-refractivity contribution in [1.29, 1.82) is 0 Å². The maximum absolute atomic E-state index is 12.6. The van der Waals surface area contributed by atoms with Crippen molar-refractivity contribution in [3.05, 3.63) is 65.4 Å². The summed E-state index contributed by atoms with van der Waals surface area (Å²) >= 11 is 0. The Morgan fingerprint density at radius 1 is 0.867 bits per heavy atom. The first-order valence-corrected chi connectivity index (χ1v) is 8.78. The van der Waals surface area contributed by atoms with Gasteiger partial charge in [0.05, 0.1) is 38.2 Å². The van der Waals surface area contributed by atoms with Gasteiger partial charge in [0.15, 0.2) is 0 Å². The number of carbonyl (C=O) groups is 3. The number of hydrogen-bond donors (Lipinski definition) is 2. The van der Waals surface area contributed by atoms with E-state index in [2.05, 4.69) is 25.0 Å². The molecule has 2 N–H and O–H groups in total. The molecule has 0 aliphatic heterocycles. The number of nitrogens with one attached hydrogen (secondary N) is 2. The van der Waals surface area contributed by atoms with Crippen molar-refractivity contribution in [3.63, 3.8) is 0 Å². The maximum Gasteiger partial charge on any atom is 0.337 e. The summed E-state index contributed by atoms with van der Waals surface area (Å²) < 4.78 is 14.5. The van der Waals surface area contributed by atoms with Crippen molar-refractivity contribution in [2.24, 2.45) is 0 Å². The minimum absolute atomic E-state index is 0.0965. The Morgan fingerprint density at radius 2 is 1.47 bits per heavy atom. The molecule has 2 aromatic carbocycles. The molecular formula is C21H19N3O6. The fourth-order valence-electron chi connectivity index (χ4n) is 2.72. The lowest BCUT2D eigenvalue weighted by atomic mass is 10.1. The summed E-state index contributed by atoms with van der Waals surface area (Å²) in [6.07, 6.45) is 0. The van der Waals surface area contributed by atoms with E-state index in [1.807, 2.05) is 12.1 Å². The topological polar surface area (TPSA) is 120 Å². The predicted octanol–water partition coefficient (Wildman–Crippen LogP) is 2.91. The van der Waals surface area contributed by atoms with Crippen LogP contribution in [0.4, 0.5) is 5.69 Å². The largest absolute Gasteiger partial charge is 0.497 e. The summed E-state index contributed by atoms with van der Waals surface area (Å²) in [6.45, 7) is 0. The van der Waals surface area contributed by atoms with Crippen LogP contribution in [0.25, 0.3) is 11.3 Å². The molecule has 0 atom stereocenters. The third-order valence-corrected chi connectivity index (χ3v) is 4.24. The van der Waals surface area contributed by atoms with Crippen LogP contribution in [-0.2, 0) is 9.47 Å². The van der Waals surface area contributed by atoms with Crippen molar-refractivity contribution >= 4 is 23.5 Å². The van der Waals surface area contributed by atoms with Crippen molar-refractivity contribution in [2.75, 3.05) is 26.6 Å². The smallest absolute Gasteiger partial charge is 0.337 e. The average Bonchev–Trinajstić information content (AvgIpc) is 3.28. The van der Waals surface area contributed by atoms with Crippen LogP contribution in [0.5, 0.6) is 5.75 Å². The van der Waals surface area contributed by atoms with E-state index in [4.69, 9.17) is 4.74 Å². The summed E-state index contributed by atoms with van der Waals surface area (Å²) in [4.78, 5) is 36.4. The predicted molar refractivity (Wildman–Crippen MR) is 108 cm³/mol. The SMILES string of the molecule is COC(=O)c1cc(NC(=O)c2cc(-c3ccc(OC)cc3)n[nH]2)cc(C(=O)OC)c1. The Kier molecular flexibility index (Phi) is 6.11. The summed E-state index contributed by atoms with van der Waals surface area (Å²) in [7, 11) is 4.01. The number of hydrogen-bond acceptors (Lipinski definition) is 7. The average molecular weight is 409 g/mol. The highest BCUT2D eigenvalue weighted by Crippen LogP contribution is 2.22. The minimum atomic E-state index is -0.653. The molecule has 0 radical (unpaired) electrons. The number of nitrogens with zero attached hydrogens (tertiary/aromatic N) is 1. The van der Waals surface area contributed by atoms with Gasteiger partial charge in [0.1, 0.15) is 11.4 Å². The monoisotopic (exact) mass is 409 g/mol. The second-order valence-corrected chi connectivity index (χ2v) is 6.13. The quantitative estimate of drug-likeness (QED) is 0.601. The highest BCUT2D eigenvalue weighted by molar-refractivity contribution is 6.05. The second-order valence-electron chi connectivity index (χ2n) is 6.13. The molecule has 9 heteroatoms. The van der Waals surface area contributed by atoms with E-state index in [9.17, 15) is 14.4 Å². The van der Waals surface area contributed by atoms with E-state index < -0.39 is 17.8 Å². The lowest BCUT2D eigenvalue weighted by Crippen LogP contribution is -2.14. The first-order chi connectivity index (χ1) is 14.4. The Balaban J connectivity index is 1.84. The highest BCUT2D eigenvalue weighted by Gasteiger charge is 2.17. The van der Waals surface area contributed by atoms with E-state index >= 15 is 0 Å². The Labute approximate surface area is 172 Å². The maximum atomic E-state index is 12.6. The highest BCUT2D eigenvalue weighted by atomic mass is 16.5. The Hall–Kier alpha value is -4.14. The number of amides is 1. The number of ether oxygens (including phenoxy) is 3. The fraction of sp³-hybridized carbons (Fsp3) is 0.143. The van der Waals surface area contributed by atoms with E-state index in [1.165, 1.54) is 32.4 Å². The van der Waals surface area contributed by atoms with Gasteiger partial charge in [-0.25, -0.2) is 9.59 Å². The molecular weight excluding hydrogens is 390 g/mol. The number of carbonyl (C=O) groups excluding carboxylic acids is 3. The molecule has 0 saturated carbocycles.